The van der Waals surface area contributed by atoms with Gasteiger partial charge in [0, 0.05) is 5.69 Å². The quantitative estimate of drug-likeness (QED) is 0.402. The Labute approximate surface area is 176 Å². The zero-order valence-corrected chi connectivity index (χ0v) is 16.9. The molecule has 2 aromatic rings. The standard InChI is InChI=1S/C19H16Cl2N2O6/c1-27-18(25)12-6-13(19(26)28-2)8-14(7-12)23-17(24)10-29-22-9-11-3-4-15(20)16(21)5-11/h3-9H,10H2,1-2H3,(H,23,24). The molecule has 0 aliphatic carbocycles. The molecule has 0 heterocycles. The Balaban J connectivity index is 2.01. The summed E-state index contributed by atoms with van der Waals surface area (Å²) in [5.74, 6) is -1.91. The monoisotopic (exact) mass is 438 g/mol. The van der Waals surface area contributed by atoms with E-state index in [0.29, 0.717) is 15.6 Å². The van der Waals surface area contributed by atoms with Gasteiger partial charge in [0.2, 0.25) is 0 Å². The topological polar surface area (TPSA) is 103 Å². The van der Waals surface area contributed by atoms with E-state index in [1.165, 1.54) is 38.6 Å². The number of methoxy groups -OCH3 is 2. The fraction of sp³-hybridized carbons (Fsp3) is 0.158. The largest absolute Gasteiger partial charge is 0.465 e. The van der Waals surface area contributed by atoms with E-state index in [-0.39, 0.29) is 16.8 Å². The summed E-state index contributed by atoms with van der Waals surface area (Å²) in [4.78, 5) is 40.5. The number of benzene rings is 2. The molecule has 1 amide bonds. The Morgan fingerprint density at radius 1 is 0.966 bits per heavy atom. The summed E-state index contributed by atoms with van der Waals surface area (Å²) in [5, 5.41) is 6.95. The lowest BCUT2D eigenvalue weighted by atomic mass is 10.1. The van der Waals surface area contributed by atoms with Crippen LogP contribution in [0.1, 0.15) is 26.3 Å². The van der Waals surface area contributed by atoms with E-state index >= 15 is 0 Å². The molecule has 29 heavy (non-hydrogen) atoms. The van der Waals surface area contributed by atoms with Crippen molar-refractivity contribution in [2.45, 2.75) is 0 Å². The first-order chi connectivity index (χ1) is 13.8. The molecule has 0 unspecified atom stereocenters. The van der Waals surface area contributed by atoms with Crippen LogP contribution in [0.3, 0.4) is 0 Å². The number of esters is 2. The molecule has 0 fully saturated rings. The predicted octanol–water partition coefficient (Wildman–Crippen LogP) is 3.56. The van der Waals surface area contributed by atoms with Gasteiger partial charge in [0.05, 0.1) is 41.6 Å². The maximum absolute atomic E-state index is 12.0. The predicted molar refractivity (Wildman–Crippen MR) is 108 cm³/mol. The van der Waals surface area contributed by atoms with E-state index in [2.05, 4.69) is 19.9 Å². The molecule has 0 spiro atoms. The minimum atomic E-state index is -0.672. The van der Waals surface area contributed by atoms with Crippen molar-refractivity contribution in [2.24, 2.45) is 5.16 Å². The fourth-order valence-corrected chi connectivity index (χ4v) is 2.46. The van der Waals surface area contributed by atoms with E-state index in [4.69, 9.17) is 28.0 Å². The smallest absolute Gasteiger partial charge is 0.337 e. The van der Waals surface area contributed by atoms with Gasteiger partial charge in [-0.15, -0.1) is 0 Å². The maximum atomic E-state index is 12.0. The molecular formula is C19H16Cl2N2O6. The van der Waals surface area contributed by atoms with Crippen LogP contribution < -0.4 is 5.32 Å². The third-order valence-corrected chi connectivity index (χ3v) is 4.21. The average Bonchev–Trinajstić information content (AvgIpc) is 2.72. The number of hydrogen-bond acceptors (Lipinski definition) is 7. The third kappa shape index (κ3) is 6.48. The molecule has 0 saturated carbocycles. The van der Waals surface area contributed by atoms with E-state index < -0.39 is 24.5 Å². The molecule has 8 nitrogen and oxygen atoms in total. The highest BCUT2D eigenvalue weighted by Crippen LogP contribution is 2.22. The molecule has 0 saturated heterocycles. The number of amides is 1. The van der Waals surface area contributed by atoms with Gasteiger partial charge < -0.3 is 19.6 Å². The lowest BCUT2D eigenvalue weighted by Crippen LogP contribution is -2.18. The molecule has 152 valence electrons. The molecule has 0 radical (unpaired) electrons. The number of hydrogen-bond donors (Lipinski definition) is 1. The van der Waals surface area contributed by atoms with Crippen LogP contribution in [0.25, 0.3) is 0 Å². The first kappa shape index (κ1) is 22.2. The molecule has 2 rings (SSSR count). The Morgan fingerprint density at radius 2 is 1.59 bits per heavy atom. The number of nitrogens with zero attached hydrogens (tertiary/aromatic N) is 1. The van der Waals surface area contributed by atoms with Crippen molar-refractivity contribution in [2.75, 3.05) is 26.1 Å². The summed E-state index contributed by atoms with van der Waals surface area (Å²) >= 11 is 11.7. The summed E-state index contributed by atoms with van der Waals surface area (Å²) in [6.07, 6.45) is 1.36. The van der Waals surface area contributed by atoms with Gasteiger partial charge >= 0.3 is 11.9 Å². The van der Waals surface area contributed by atoms with Gasteiger partial charge in [0.15, 0.2) is 6.61 Å². The first-order valence-electron chi connectivity index (χ1n) is 8.06. The third-order valence-electron chi connectivity index (χ3n) is 3.47. The average molecular weight is 439 g/mol. The normalized spacial score (nSPS) is 10.5. The van der Waals surface area contributed by atoms with Crippen LogP contribution in [0.2, 0.25) is 10.0 Å². The van der Waals surface area contributed by atoms with Crippen molar-refractivity contribution in [3.8, 4) is 0 Å². The number of nitrogens with one attached hydrogen (secondary N) is 1. The van der Waals surface area contributed by atoms with Gasteiger partial charge in [-0.25, -0.2) is 9.59 Å². The second kappa shape index (κ2) is 10.4. The van der Waals surface area contributed by atoms with Crippen molar-refractivity contribution < 1.29 is 28.7 Å². The van der Waals surface area contributed by atoms with E-state index in [0.717, 1.165) is 0 Å². The number of ether oxygens (including phenoxy) is 2. The van der Waals surface area contributed by atoms with Crippen LogP contribution in [-0.4, -0.2) is 44.9 Å². The Morgan fingerprint density at radius 3 is 2.14 bits per heavy atom. The van der Waals surface area contributed by atoms with Crippen molar-refractivity contribution in [3.63, 3.8) is 0 Å². The highest BCUT2D eigenvalue weighted by Gasteiger charge is 2.15. The van der Waals surface area contributed by atoms with Crippen LogP contribution in [0, 0.1) is 0 Å². The number of anilines is 1. The van der Waals surface area contributed by atoms with Gasteiger partial charge in [0.1, 0.15) is 0 Å². The lowest BCUT2D eigenvalue weighted by molar-refractivity contribution is -0.120. The molecule has 10 heteroatoms. The lowest BCUT2D eigenvalue weighted by Gasteiger charge is -2.09. The molecule has 0 aromatic heterocycles. The number of rotatable bonds is 7. The van der Waals surface area contributed by atoms with Gasteiger partial charge in [-0.3, -0.25) is 4.79 Å². The zero-order chi connectivity index (χ0) is 21.4. The molecule has 1 N–H and O–H groups in total. The minimum Gasteiger partial charge on any atom is -0.465 e. The number of carbonyl (C=O) groups excluding carboxylic acids is 3. The second-order valence-corrected chi connectivity index (χ2v) is 6.33. The summed E-state index contributed by atoms with van der Waals surface area (Å²) in [7, 11) is 2.40. The summed E-state index contributed by atoms with van der Waals surface area (Å²) in [6.45, 7) is -0.409. The molecule has 0 aliphatic rings. The Bertz CT molecular complexity index is 927. The zero-order valence-electron chi connectivity index (χ0n) is 15.4. The van der Waals surface area contributed by atoms with Crippen molar-refractivity contribution >= 4 is 52.9 Å². The van der Waals surface area contributed by atoms with Crippen LogP contribution in [0.15, 0.2) is 41.6 Å². The maximum Gasteiger partial charge on any atom is 0.337 e. The number of oxime groups is 1. The number of halogens is 2. The van der Waals surface area contributed by atoms with Gasteiger partial charge in [0.25, 0.3) is 5.91 Å². The molecule has 0 bridgehead atoms. The van der Waals surface area contributed by atoms with Gasteiger partial charge in [-0.05, 0) is 35.9 Å². The fourth-order valence-electron chi connectivity index (χ4n) is 2.15. The van der Waals surface area contributed by atoms with Crippen molar-refractivity contribution in [1.82, 2.24) is 0 Å². The van der Waals surface area contributed by atoms with Crippen LogP contribution in [0.4, 0.5) is 5.69 Å². The van der Waals surface area contributed by atoms with Crippen LogP contribution in [0.5, 0.6) is 0 Å². The number of carbonyl (C=O) groups is 3. The van der Waals surface area contributed by atoms with E-state index in [1.807, 2.05) is 0 Å². The summed E-state index contributed by atoms with van der Waals surface area (Å²) < 4.78 is 9.27. The SMILES string of the molecule is COC(=O)c1cc(NC(=O)CON=Cc2ccc(Cl)c(Cl)c2)cc(C(=O)OC)c1. The highest BCUT2D eigenvalue weighted by molar-refractivity contribution is 6.42. The second-order valence-electron chi connectivity index (χ2n) is 5.51. The van der Waals surface area contributed by atoms with E-state index in [9.17, 15) is 14.4 Å². The highest BCUT2D eigenvalue weighted by atomic mass is 35.5. The van der Waals surface area contributed by atoms with Gasteiger partial charge in [-0.2, -0.15) is 0 Å². The molecule has 0 aliphatic heterocycles. The van der Waals surface area contributed by atoms with Crippen molar-refractivity contribution in [1.29, 1.82) is 0 Å². The molecule has 0 atom stereocenters. The first-order valence-corrected chi connectivity index (χ1v) is 8.81. The van der Waals surface area contributed by atoms with Gasteiger partial charge in [-0.1, -0.05) is 34.4 Å². The van der Waals surface area contributed by atoms with Crippen LogP contribution in [-0.2, 0) is 19.1 Å². The Kier molecular flexibility index (Phi) is 7.99. The molecule has 2 aromatic carbocycles. The van der Waals surface area contributed by atoms with Crippen molar-refractivity contribution in [3.05, 3.63) is 63.1 Å². The minimum absolute atomic E-state index is 0.0734. The van der Waals surface area contributed by atoms with E-state index in [1.54, 1.807) is 18.2 Å². The molecular weight excluding hydrogens is 423 g/mol. The van der Waals surface area contributed by atoms with Crippen LogP contribution >= 0.6 is 23.2 Å². The summed E-state index contributed by atoms with van der Waals surface area (Å²) in [6, 6.07) is 8.87. The Hall–Kier alpha value is -3.10. The summed E-state index contributed by atoms with van der Waals surface area (Å²) in [5.41, 5.74) is 0.970.